The molecule has 15 heavy (non-hydrogen) atoms. The summed E-state index contributed by atoms with van der Waals surface area (Å²) in [6, 6.07) is 3.68. The first kappa shape index (κ1) is 11.2. The Bertz CT molecular complexity index is 318. The van der Waals surface area contributed by atoms with Gasteiger partial charge in [0.05, 0.1) is 17.7 Å². The van der Waals surface area contributed by atoms with Crippen LogP contribution in [-0.4, -0.2) is 30.2 Å². The molecule has 0 spiro atoms. The second-order valence-corrected chi connectivity index (χ2v) is 4.62. The van der Waals surface area contributed by atoms with Crippen molar-refractivity contribution in [2.45, 2.75) is 17.6 Å². The van der Waals surface area contributed by atoms with Gasteiger partial charge in [-0.1, -0.05) is 11.6 Å². The highest BCUT2D eigenvalue weighted by Gasteiger charge is 2.15. The van der Waals surface area contributed by atoms with Gasteiger partial charge in [-0.3, -0.25) is 0 Å². The van der Waals surface area contributed by atoms with Crippen LogP contribution in [0.1, 0.15) is 6.42 Å². The molecule has 0 saturated carbocycles. The second kappa shape index (κ2) is 5.70. The zero-order valence-corrected chi connectivity index (χ0v) is 9.76. The van der Waals surface area contributed by atoms with Crippen LogP contribution in [-0.2, 0) is 9.47 Å². The van der Waals surface area contributed by atoms with E-state index in [0.717, 1.165) is 23.8 Å². The molecule has 2 heterocycles. The maximum atomic E-state index is 5.99. The molecule has 0 aliphatic carbocycles. The SMILES string of the molecule is Clc1cccnc1SC[C@@H]1CCOCO1. The molecule has 3 nitrogen and oxygen atoms in total. The first-order chi connectivity index (χ1) is 7.36. The molecule has 1 aromatic rings. The highest BCUT2D eigenvalue weighted by molar-refractivity contribution is 7.99. The molecule has 1 fully saturated rings. The maximum absolute atomic E-state index is 5.99. The lowest BCUT2D eigenvalue weighted by Crippen LogP contribution is -2.25. The van der Waals surface area contributed by atoms with E-state index in [4.69, 9.17) is 21.1 Å². The van der Waals surface area contributed by atoms with E-state index in [-0.39, 0.29) is 6.10 Å². The molecule has 5 heteroatoms. The van der Waals surface area contributed by atoms with Gasteiger partial charge in [0.15, 0.2) is 0 Å². The monoisotopic (exact) mass is 245 g/mol. The lowest BCUT2D eigenvalue weighted by atomic mass is 10.3. The van der Waals surface area contributed by atoms with E-state index in [1.807, 2.05) is 12.1 Å². The van der Waals surface area contributed by atoms with Crippen molar-refractivity contribution in [3.63, 3.8) is 0 Å². The zero-order chi connectivity index (χ0) is 10.5. The third-order valence-corrected chi connectivity index (χ3v) is 3.66. The molecular weight excluding hydrogens is 234 g/mol. The van der Waals surface area contributed by atoms with Crippen LogP contribution >= 0.6 is 23.4 Å². The molecule has 1 aliphatic heterocycles. The minimum Gasteiger partial charge on any atom is -0.355 e. The Balaban J connectivity index is 1.84. The topological polar surface area (TPSA) is 31.4 Å². The maximum Gasteiger partial charge on any atom is 0.147 e. The highest BCUT2D eigenvalue weighted by atomic mass is 35.5. The number of rotatable bonds is 3. The van der Waals surface area contributed by atoms with Crippen molar-refractivity contribution in [3.05, 3.63) is 23.4 Å². The fourth-order valence-corrected chi connectivity index (χ4v) is 2.52. The van der Waals surface area contributed by atoms with Crippen LogP contribution in [0, 0.1) is 0 Å². The van der Waals surface area contributed by atoms with E-state index in [2.05, 4.69) is 4.98 Å². The van der Waals surface area contributed by atoms with Gasteiger partial charge in [-0.15, -0.1) is 11.8 Å². The van der Waals surface area contributed by atoms with E-state index in [0.29, 0.717) is 11.8 Å². The summed E-state index contributed by atoms with van der Waals surface area (Å²) in [4.78, 5) is 4.21. The summed E-state index contributed by atoms with van der Waals surface area (Å²) in [6.07, 6.45) is 2.94. The summed E-state index contributed by atoms with van der Waals surface area (Å²) < 4.78 is 10.5. The quantitative estimate of drug-likeness (QED) is 0.766. The third kappa shape index (κ3) is 3.34. The predicted molar refractivity (Wildman–Crippen MR) is 60.3 cm³/mol. The number of aromatic nitrogens is 1. The van der Waals surface area contributed by atoms with Crippen LogP contribution in [0.5, 0.6) is 0 Å². The Morgan fingerprint density at radius 2 is 2.53 bits per heavy atom. The number of pyridine rings is 1. The molecule has 0 aromatic carbocycles. The van der Waals surface area contributed by atoms with Crippen LogP contribution < -0.4 is 0 Å². The van der Waals surface area contributed by atoms with Gasteiger partial charge in [0.2, 0.25) is 0 Å². The minimum atomic E-state index is 0.252. The van der Waals surface area contributed by atoms with E-state index in [1.165, 1.54) is 0 Å². The van der Waals surface area contributed by atoms with Crippen LogP contribution in [0.3, 0.4) is 0 Å². The number of halogens is 1. The van der Waals surface area contributed by atoms with E-state index < -0.39 is 0 Å². The van der Waals surface area contributed by atoms with Gasteiger partial charge in [0, 0.05) is 11.9 Å². The van der Waals surface area contributed by atoms with Gasteiger partial charge in [-0.2, -0.15) is 0 Å². The highest BCUT2D eigenvalue weighted by Crippen LogP contribution is 2.26. The first-order valence-corrected chi connectivity index (χ1v) is 6.15. The number of ether oxygens (including phenoxy) is 2. The normalized spacial score (nSPS) is 21.5. The van der Waals surface area contributed by atoms with Gasteiger partial charge in [-0.05, 0) is 18.6 Å². The smallest absolute Gasteiger partial charge is 0.147 e. The number of nitrogens with zero attached hydrogens (tertiary/aromatic N) is 1. The molecule has 1 aromatic heterocycles. The average Bonchev–Trinajstić information content (AvgIpc) is 2.29. The number of hydrogen-bond donors (Lipinski definition) is 0. The van der Waals surface area contributed by atoms with Crippen molar-refractivity contribution in [1.29, 1.82) is 0 Å². The summed E-state index contributed by atoms with van der Waals surface area (Å²) in [5.41, 5.74) is 0. The van der Waals surface area contributed by atoms with Crippen molar-refractivity contribution in [1.82, 2.24) is 4.98 Å². The summed E-state index contributed by atoms with van der Waals surface area (Å²) in [6.45, 7) is 1.18. The number of thioether (sulfide) groups is 1. The Hall–Kier alpha value is -0.290. The first-order valence-electron chi connectivity index (χ1n) is 4.79. The zero-order valence-electron chi connectivity index (χ0n) is 8.19. The van der Waals surface area contributed by atoms with Gasteiger partial charge >= 0.3 is 0 Å². The molecule has 1 atom stereocenters. The Labute approximate surface area is 98.1 Å². The molecule has 0 bridgehead atoms. The van der Waals surface area contributed by atoms with Gasteiger partial charge in [0.1, 0.15) is 11.8 Å². The molecule has 1 saturated heterocycles. The van der Waals surface area contributed by atoms with E-state index >= 15 is 0 Å². The molecule has 2 rings (SSSR count). The van der Waals surface area contributed by atoms with Crippen LogP contribution in [0.25, 0.3) is 0 Å². The standard InChI is InChI=1S/C10H12ClNO2S/c11-9-2-1-4-12-10(9)15-6-8-3-5-13-7-14-8/h1-2,4,8H,3,5-7H2/t8-/m0/s1. The largest absolute Gasteiger partial charge is 0.355 e. The summed E-state index contributed by atoms with van der Waals surface area (Å²) in [7, 11) is 0. The molecule has 0 unspecified atom stereocenters. The lowest BCUT2D eigenvalue weighted by Gasteiger charge is -2.22. The molecule has 0 radical (unpaired) electrons. The summed E-state index contributed by atoms with van der Waals surface area (Å²) >= 11 is 7.62. The Morgan fingerprint density at radius 3 is 3.27 bits per heavy atom. The van der Waals surface area contributed by atoms with E-state index in [9.17, 15) is 0 Å². The predicted octanol–water partition coefficient (Wildman–Crippen LogP) is 2.59. The van der Waals surface area contributed by atoms with Crippen LogP contribution in [0.2, 0.25) is 5.02 Å². The van der Waals surface area contributed by atoms with Gasteiger partial charge < -0.3 is 9.47 Å². The Kier molecular flexibility index (Phi) is 4.26. The molecule has 0 N–H and O–H groups in total. The second-order valence-electron chi connectivity index (χ2n) is 3.20. The average molecular weight is 246 g/mol. The summed E-state index contributed by atoms with van der Waals surface area (Å²) in [5.74, 6) is 0.875. The van der Waals surface area contributed by atoms with Gasteiger partial charge in [0.25, 0.3) is 0 Å². The number of hydrogen-bond acceptors (Lipinski definition) is 4. The molecule has 82 valence electrons. The lowest BCUT2D eigenvalue weighted by molar-refractivity contribution is -0.130. The third-order valence-electron chi connectivity index (χ3n) is 2.10. The minimum absolute atomic E-state index is 0.252. The van der Waals surface area contributed by atoms with Crippen molar-refractivity contribution in [2.75, 3.05) is 19.2 Å². The fourth-order valence-electron chi connectivity index (χ4n) is 1.28. The van der Waals surface area contributed by atoms with Crippen molar-refractivity contribution in [2.24, 2.45) is 0 Å². The van der Waals surface area contributed by atoms with Crippen molar-refractivity contribution >= 4 is 23.4 Å². The van der Waals surface area contributed by atoms with E-state index in [1.54, 1.807) is 18.0 Å². The molecular formula is C10H12ClNO2S. The molecule has 0 amide bonds. The van der Waals surface area contributed by atoms with Gasteiger partial charge in [-0.25, -0.2) is 4.98 Å². The molecule has 1 aliphatic rings. The fraction of sp³-hybridized carbons (Fsp3) is 0.500. The summed E-state index contributed by atoms with van der Waals surface area (Å²) in [5, 5.41) is 1.57. The van der Waals surface area contributed by atoms with Crippen molar-refractivity contribution in [3.8, 4) is 0 Å². The van der Waals surface area contributed by atoms with Crippen LogP contribution in [0.15, 0.2) is 23.4 Å². The van der Waals surface area contributed by atoms with Crippen LogP contribution in [0.4, 0.5) is 0 Å². The van der Waals surface area contributed by atoms with Crippen molar-refractivity contribution < 1.29 is 9.47 Å². The Morgan fingerprint density at radius 1 is 1.60 bits per heavy atom.